The average Bonchev–Trinajstić information content (AvgIpc) is 2.42. The SMILES string of the molecule is Fc1ccc(OCCCCN2CCNCC2)c(F)c1. The second-order valence-electron chi connectivity index (χ2n) is 4.72. The lowest BCUT2D eigenvalue weighted by Crippen LogP contribution is -2.43. The van der Waals surface area contributed by atoms with E-state index in [0.717, 1.165) is 51.6 Å². The maximum atomic E-state index is 13.3. The van der Waals surface area contributed by atoms with Gasteiger partial charge in [0, 0.05) is 32.2 Å². The van der Waals surface area contributed by atoms with Crippen LogP contribution in [-0.4, -0.2) is 44.2 Å². The van der Waals surface area contributed by atoms with Gasteiger partial charge in [-0.2, -0.15) is 0 Å². The fourth-order valence-corrected chi connectivity index (χ4v) is 2.15. The maximum Gasteiger partial charge on any atom is 0.167 e. The number of rotatable bonds is 6. The molecule has 0 spiro atoms. The van der Waals surface area contributed by atoms with Crippen molar-refractivity contribution in [3.8, 4) is 5.75 Å². The molecule has 0 atom stereocenters. The molecule has 19 heavy (non-hydrogen) atoms. The van der Waals surface area contributed by atoms with E-state index in [4.69, 9.17) is 4.74 Å². The Labute approximate surface area is 112 Å². The van der Waals surface area contributed by atoms with E-state index in [1.165, 1.54) is 12.1 Å². The Morgan fingerprint density at radius 3 is 2.68 bits per heavy atom. The number of halogens is 2. The van der Waals surface area contributed by atoms with Crippen LogP contribution >= 0.6 is 0 Å². The number of benzene rings is 1. The second kappa shape index (κ2) is 7.40. The number of hydrogen-bond donors (Lipinski definition) is 1. The van der Waals surface area contributed by atoms with E-state index in [0.29, 0.717) is 6.61 Å². The Bertz CT molecular complexity index is 395. The lowest BCUT2D eigenvalue weighted by molar-refractivity contribution is 0.224. The molecule has 1 aromatic carbocycles. The summed E-state index contributed by atoms with van der Waals surface area (Å²) in [6.45, 7) is 5.81. The fraction of sp³-hybridized carbons (Fsp3) is 0.571. The van der Waals surface area contributed by atoms with Gasteiger partial charge in [0.25, 0.3) is 0 Å². The van der Waals surface area contributed by atoms with E-state index in [-0.39, 0.29) is 5.75 Å². The third-order valence-corrected chi connectivity index (χ3v) is 3.23. The van der Waals surface area contributed by atoms with Gasteiger partial charge in [-0.15, -0.1) is 0 Å². The summed E-state index contributed by atoms with van der Waals surface area (Å²) in [6.07, 6.45) is 1.91. The Morgan fingerprint density at radius 2 is 1.95 bits per heavy atom. The van der Waals surface area contributed by atoms with Crippen LogP contribution in [0.1, 0.15) is 12.8 Å². The largest absolute Gasteiger partial charge is 0.491 e. The van der Waals surface area contributed by atoms with E-state index < -0.39 is 11.6 Å². The molecule has 2 rings (SSSR count). The second-order valence-corrected chi connectivity index (χ2v) is 4.72. The van der Waals surface area contributed by atoms with Gasteiger partial charge in [-0.3, -0.25) is 0 Å². The van der Waals surface area contributed by atoms with Crippen LogP contribution in [0.3, 0.4) is 0 Å². The van der Waals surface area contributed by atoms with Crippen LogP contribution in [0.25, 0.3) is 0 Å². The van der Waals surface area contributed by atoms with Gasteiger partial charge in [-0.25, -0.2) is 8.78 Å². The summed E-state index contributed by atoms with van der Waals surface area (Å²) in [5, 5.41) is 3.31. The van der Waals surface area contributed by atoms with Crippen LogP contribution in [0.4, 0.5) is 8.78 Å². The molecule has 1 aliphatic rings. The molecule has 1 N–H and O–H groups in total. The highest BCUT2D eigenvalue weighted by Crippen LogP contribution is 2.17. The summed E-state index contributed by atoms with van der Waals surface area (Å²) in [5.74, 6) is -1.09. The van der Waals surface area contributed by atoms with Gasteiger partial charge in [-0.05, 0) is 31.5 Å². The van der Waals surface area contributed by atoms with Crippen LogP contribution in [0.2, 0.25) is 0 Å². The van der Waals surface area contributed by atoms with E-state index in [2.05, 4.69) is 10.2 Å². The average molecular weight is 270 g/mol. The predicted octanol–water partition coefficient (Wildman–Crippen LogP) is 2.03. The summed E-state index contributed by atoms with van der Waals surface area (Å²) < 4.78 is 31.3. The minimum Gasteiger partial charge on any atom is -0.491 e. The molecule has 0 radical (unpaired) electrons. The quantitative estimate of drug-likeness (QED) is 0.801. The van der Waals surface area contributed by atoms with Crippen molar-refractivity contribution in [2.75, 3.05) is 39.3 Å². The van der Waals surface area contributed by atoms with Gasteiger partial charge >= 0.3 is 0 Å². The third kappa shape index (κ3) is 4.76. The van der Waals surface area contributed by atoms with Crippen molar-refractivity contribution in [2.24, 2.45) is 0 Å². The number of piperazine rings is 1. The number of unbranched alkanes of at least 4 members (excludes halogenated alkanes) is 1. The van der Waals surface area contributed by atoms with Crippen LogP contribution in [0.15, 0.2) is 18.2 Å². The summed E-state index contributed by atoms with van der Waals surface area (Å²) in [7, 11) is 0. The van der Waals surface area contributed by atoms with Crippen molar-refractivity contribution in [3.05, 3.63) is 29.8 Å². The van der Waals surface area contributed by atoms with E-state index in [1.807, 2.05) is 0 Å². The van der Waals surface area contributed by atoms with Gasteiger partial charge in [-0.1, -0.05) is 0 Å². The highest BCUT2D eigenvalue weighted by Gasteiger charge is 2.08. The summed E-state index contributed by atoms with van der Waals surface area (Å²) in [4.78, 5) is 2.41. The molecule has 0 saturated carbocycles. The number of ether oxygens (including phenoxy) is 1. The van der Waals surface area contributed by atoms with Gasteiger partial charge in [0.1, 0.15) is 5.82 Å². The van der Waals surface area contributed by atoms with Gasteiger partial charge in [0.15, 0.2) is 11.6 Å². The third-order valence-electron chi connectivity index (χ3n) is 3.23. The molecule has 106 valence electrons. The zero-order valence-corrected chi connectivity index (χ0v) is 11.0. The standard InChI is InChI=1S/C14H20F2N2O/c15-12-3-4-14(13(16)11-12)19-10-2-1-7-18-8-5-17-6-9-18/h3-4,11,17H,1-2,5-10H2. The molecule has 3 nitrogen and oxygen atoms in total. The Kier molecular flexibility index (Phi) is 5.54. The topological polar surface area (TPSA) is 24.5 Å². The monoisotopic (exact) mass is 270 g/mol. The van der Waals surface area contributed by atoms with E-state index in [1.54, 1.807) is 0 Å². The highest BCUT2D eigenvalue weighted by molar-refractivity contribution is 5.24. The molecule has 1 aliphatic heterocycles. The van der Waals surface area contributed by atoms with Gasteiger partial charge in [0.05, 0.1) is 6.61 Å². The summed E-state index contributed by atoms with van der Waals surface area (Å²) in [5.41, 5.74) is 0. The molecular weight excluding hydrogens is 250 g/mol. The van der Waals surface area contributed by atoms with Gasteiger partial charge < -0.3 is 15.0 Å². The first-order valence-electron chi connectivity index (χ1n) is 6.76. The van der Waals surface area contributed by atoms with Crippen LogP contribution in [0, 0.1) is 11.6 Å². The summed E-state index contributed by atoms with van der Waals surface area (Å²) in [6, 6.07) is 3.39. The minimum absolute atomic E-state index is 0.128. The van der Waals surface area contributed by atoms with Crippen molar-refractivity contribution in [2.45, 2.75) is 12.8 Å². The number of nitrogens with zero attached hydrogens (tertiary/aromatic N) is 1. The first kappa shape index (κ1) is 14.2. The predicted molar refractivity (Wildman–Crippen MR) is 70.4 cm³/mol. The van der Waals surface area contributed by atoms with Crippen LogP contribution < -0.4 is 10.1 Å². The number of nitrogens with one attached hydrogen (secondary N) is 1. The molecular formula is C14H20F2N2O. The minimum atomic E-state index is -0.637. The van der Waals surface area contributed by atoms with E-state index >= 15 is 0 Å². The molecule has 1 heterocycles. The first-order valence-corrected chi connectivity index (χ1v) is 6.76. The molecule has 0 aliphatic carbocycles. The van der Waals surface area contributed by atoms with Crippen molar-refractivity contribution in [1.82, 2.24) is 10.2 Å². The van der Waals surface area contributed by atoms with Crippen LogP contribution in [-0.2, 0) is 0 Å². The number of hydrogen-bond acceptors (Lipinski definition) is 3. The van der Waals surface area contributed by atoms with Crippen molar-refractivity contribution >= 4 is 0 Å². The Morgan fingerprint density at radius 1 is 1.16 bits per heavy atom. The zero-order chi connectivity index (χ0) is 13.5. The van der Waals surface area contributed by atoms with Crippen LogP contribution in [0.5, 0.6) is 5.75 Å². The van der Waals surface area contributed by atoms with Crippen molar-refractivity contribution < 1.29 is 13.5 Å². The molecule has 0 unspecified atom stereocenters. The molecule has 1 saturated heterocycles. The van der Waals surface area contributed by atoms with Crippen molar-refractivity contribution in [1.29, 1.82) is 0 Å². The molecule has 0 aromatic heterocycles. The normalized spacial score (nSPS) is 16.5. The molecule has 1 fully saturated rings. The lowest BCUT2D eigenvalue weighted by atomic mass is 10.2. The van der Waals surface area contributed by atoms with E-state index in [9.17, 15) is 8.78 Å². The summed E-state index contributed by atoms with van der Waals surface area (Å²) >= 11 is 0. The Hall–Kier alpha value is -1.20. The smallest absolute Gasteiger partial charge is 0.167 e. The van der Waals surface area contributed by atoms with Crippen molar-refractivity contribution in [3.63, 3.8) is 0 Å². The van der Waals surface area contributed by atoms with Gasteiger partial charge in [0.2, 0.25) is 0 Å². The molecule has 1 aromatic rings. The molecule has 0 amide bonds. The first-order chi connectivity index (χ1) is 9.25. The zero-order valence-electron chi connectivity index (χ0n) is 11.0. The molecule has 5 heteroatoms. The Balaban J connectivity index is 1.61. The fourth-order valence-electron chi connectivity index (χ4n) is 2.15. The lowest BCUT2D eigenvalue weighted by Gasteiger charge is -2.26. The molecule has 0 bridgehead atoms. The highest BCUT2D eigenvalue weighted by atomic mass is 19.1. The maximum absolute atomic E-state index is 13.3.